The van der Waals surface area contributed by atoms with Gasteiger partial charge >= 0.3 is 0 Å². The Balaban J connectivity index is 1.61. The fraction of sp³-hybridized carbons (Fsp3) is 1.00. The van der Waals surface area contributed by atoms with E-state index in [2.05, 4.69) is 24.1 Å². The minimum atomic E-state index is 0.454. The highest BCUT2D eigenvalue weighted by Gasteiger charge is 2.41. The van der Waals surface area contributed by atoms with Gasteiger partial charge in [-0.05, 0) is 64.3 Å². The molecular weight excluding hydrogens is 220 g/mol. The zero-order valence-corrected chi connectivity index (χ0v) is 12.3. The van der Waals surface area contributed by atoms with Crippen LogP contribution >= 0.6 is 0 Å². The van der Waals surface area contributed by atoms with Gasteiger partial charge in [0.2, 0.25) is 0 Å². The second-order valence-electron chi connectivity index (χ2n) is 7.70. The lowest BCUT2D eigenvalue weighted by Gasteiger charge is -2.40. The molecule has 1 aliphatic heterocycles. The molecule has 0 aromatic heterocycles. The summed E-state index contributed by atoms with van der Waals surface area (Å²) in [6.45, 7) is 8.84. The summed E-state index contributed by atoms with van der Waals surface area (Å²) >= 11 is 0. The van der Waals surface area contributed by atoms with Crippen LogP contribution in [0, 0.1) is 5.41 Å². The number of hydrogen-bond donors (Lipinski definition) is 1. The maximum Gasteiger partial charge on any atom is 0.0153 e. The molecule has 0 aromatic rings. The van der Waals surface area contributed by atoms with Gasteiger partial charge in [-0.2, -0.15) is 0 Å². The Morgan fingerprint density at radius 2 is 1.78 bits per heavy atom. The Morgan fingerprint density at radius 3 is 2.33 bits per heavy atom. The van der Waals surface area contributed by atoms with Gasteiger partial charge in [-0.25, -0.2) is 0 Å². The summed E-state index contributed by atoms with van der Waals surface area (Å²) in [5, 5.41) is 3.81. The fourth-order valence-electron chi connectivity index (χ4n) is 4.03. The van der Waals surface area contributed by atoms with Gasteiger partial charge in [0.1, 0.15) is 0 Å². The summed E-state index contributed by atoms with van der Waals surface area (Å²) < 4.78 is 0. The lowest BCUT2D eigenvalue weighted by molar-refractivity contribution is 0.0956. The van der Waals surface area contributed by atoms with Crippen LogP contribution < -0.4 is 5.32 Å². The number of nitrogens with one attached hydrogen (secondary N) is 1. The van der Waals surface area contributed by atoms with E-state index in [9.17, 15) is 0 Å². The lowest BCUT2D eigenvalue weighted by atomic mass is 9.84. The Morgan fingerprint density at radius 1 is 1.06 bits per heavy atom. The molecule has 0 bridgehead atoms. The quantitative estimate of drug-likeness (QED) is 0.806. The van der Waals surface area contributed by atoms with Crippen molar-refractivity contribution in [2.45, 2.75) is 76.8 Å². The van der Waals surface area contributed by atoms with Crippen molar-refractivity contribution in [3.63, 3.8) is 0 Å². The van der Waals surface area contributed by atoms with Crippen molar-refractivity contribution in [3.05, 3.63) is 0 Å². The highest BCUT2D eigenvalue weighted by Crippen LogP contribution is 2.42. The topological polar surface area (TPSA) is 15.3 Å². The summed E-state index contributed by atoms with van der Waals surface area (Å²) in [4.78, 5) is 2.78. The normalized spacial score (nSPS) is 31.0. The van der Waals surface area contributed by atoms with Crippen molar-refractivity contribution in [3.8, 4) is 0 Å². The second kappa shape index (κ2) is 4.79. The van der Waals surface area contributed by atoms with Gasteiger partial charge in [-0.15, -0.1) is 0 Å². The van der Waals surface area contributed by atoms with E-state index in [1.165, 1.54) is 71.0 Å². The van der Waals surface area contributed by atoms with Crippen LogP contribution in [-0.2, 0) is 0 Å². The minimum absolute atomic E-state index is 0.454. The molecule has 3 fully saturated rings. The summed E-state index contributed by atoms with van der Waals surface area (Å²) in [6, 6.07) is 0.870. The number of nitrogens with zero attached hydrogens (tertiary/aromatic N) is 1. The first-order valence-electron chi connectivity index (χ1n) is 8.08. The molecule has 1 heterocycles. The van der Waals surface area contributed by atoms with Crippen molar-refractivity contribution in [1.29, 1.82) is 0 Å². The molecule has 2 nitrogen and oxygen atoms in total. The van der Waals surface area contributed by atoms with Gasteiger partial charge in [0.05, 0.1) is 0 Å². The van der Waals surface area contributed by atoms with Crippen molar-refractivity contribution in [2.24, 2.45) is 5.41 Å². The molecule has 0 radical (unpaired) electrons. The van der Waals surface area contributed by atoms with Gasteiger partial charge in [-0.3, -0.25) is 4.90 Å². The SMILES string of the molecule is CC1(C)CCCN1CC1(CNC2CC2)CCCC1. The molecule has 3 rings (SSSR count). The van der Waals surface area contributed by atoms with Crippen LogP contribution in [0.5, 0.6) is 0 Å². The van der Waals surface area contributed by atoms with Crippen LogP contribution in [-0.4, -0.2) is 36.1 Å². The molecule has 18 heavy (non-hydrogen) atoms. The Labute approximate surface area is 113 Å². The van der Waals surface area contributed by atoms with Crippen molar-refractivity contribution in [1.82, 2.24) is 10.2 Å². The first-order valence-corrected chi connectivity index (χ1v) is 8.08. The van der Waals surface area contributed by atoms with Gasteiger partial charge < -0.3 is 5.32 Å². The largest absolute Gasteiger partial charge is 0.313 e. The molecular formula is C16H30N2. The van der Waals surface area contributed by atoms with E-state index >= 15 is 0 Å². The van der Waals surface area contributed by atoms with Crippen LogP contribution in [0.25, 0.3) is 0 Å². The predicted octanol–water partition coefficient (Wildman–Crippen LogP) is 3.17. The molecule has 0 atom stereocenters. The lowest BCUT2D eigenvalue weighted by Crippen LogP contribution is -2.48. The smallest absolute Gasteiger partial charge is 0.0153 e. The molecule has 0 unspecified atom stereocenters. The maximum atomic E-state index is 3.81. The number of likely N-dealkylation sites (tertiary alicyclic amines) is 1. The van der Waals surface area contributed by atoms with Crippen LogP contribution in [0.1, 0.15) is 65.2 Å². The first kappa shape index (κ1) is 12.9. The predicted molar refractivity (Wildman–Crippen MR) is 76.8 cm³/mol. The standard InChI is InChI=1S/C16H30N2/c1-15(2)8-5-11-18(15)13-16(9-3-4-10-16)12-17-14-6-7-14/h14,17H,3-13H2,1-2H3. The minimum Gasteiger partial charge on any atom is -0.313 e. The van der Waals surface area contributed by atoms with E-state index in [0.717, 1.165) is 6.04 Å². The molecule has 0 aromatic carbocycles. The molecule has 1 saturated heterocycles. The summed E-state index contributed by atoms with van der Waals surface area (Å²) in [5.74, 6) is 0. The Hall–Kier alpha value is -0.0800. The van der Waals surface area contributed by atoms with Gasteiger partial charge in [-0.1, -0.05) is 12.8 Å². The summed E-state index contributed by atoms with van der Waals surface area (Å²) in [5.41, 5.74) is 1.05. The van der Waals surface area contributed by atoms with E-state index in [1.807, 2.05) is 0 Å². The van der Waals surface area contributed by atoms with Gasteiger partial charge in [0.25, 0.3) is 0 Å². The molecule has 3 aliphatic rings. The highest BCUT2D eigenvalue weighted by molar-refractivity contribution is 4.97. The molecule has 1 N–H and O–H groups in total. The molecule has 0 amide bonds. The zero-order chi connectivity index (χ0) is 12.6. The third-order valence-corrected chi connectivity index (χ3v) is 5.61. The van der Waals surface area contributed by atoms with E-state index in [4.69, 9.17) is 0 Å². The Kier molecular flexibility index (Phi) is 3.44. The maximum absolute atomic E-state index is 3.81. The summed E-state index contributed by atoms with van der Waals surface area (Å²) in [7, 11) is 0. The van der Waals surface area contributed by atoms with Gasteiger partial charge in [0.15, 0.2) is 0 Å². The third-order valence-electron chi connectivity index (χ3n) is 5.61. The molecule has 0 spiro atoms. The van der Waals surface area contributed by atoms with Gasteiger partial charge in [0, 0.05) is 24.7 Å². The van der Waals surface area contributed by atoms with Crippen LogP contribution in [0.2, 0.25) is 0 Å². The number of hydrogen-bond acceptors (Lipinski definition) is 2. The molecule has 104 valence electrons. The van der Waals surface area contributed by atoms with E-state index in [-0.39, 0.29) is 0 Å². The van der Waals surface area contributed by atoms with E-state index in [0.29, 0.717) is 11.0 Å². The van der Waals surface area contributed by atoms with Crippen LogP contribution in [0.15, 0.2) is 0 Å². The fourth-order valence-corrected chi connectivity index (χ4v) is 4.03. The van der Waals surface area contributed by atoms with Crippen LogP contribution in [0.4, 0.5) is 0 Å². The molecule has 2 aliphatic carbocycles. The highest BCUT2D eigenvalue weighted by atomic mass is 15.2. The van der Waals surface area contributed by atoms with Crippen LogP contribution in [0.3, 0.4) is 0 Å². The first-order chi connectivity index (χ1) is 8.60. The summed E-state index contributed by atoms with van der Waals surface area (Å²) in [6.07, 6.45) is 11.5. The average molecular weight is 250 g/mol. The van der Waals surface area contributed by atoms with Crippen molar-refractivity contribution in [2.75, 3.05) is 19.6 Å². The van der Waals surface area contributed by atoms with E-state index in [1.54, 1.807) is 0 Å². The molecule has 2 saturated carbocycles. The zero-order valence-electron chi connectivity index (χ0n) is 12.3. The second-order valence-corrected chi connectivity index (χ2v) is 7.70. The third kappa shape index (κ3) is 2.75. The van der Waals surface area contributed by atoms with Crippen molar-refractivity contribution < 1.29 is 0 Å². The van der Waals surface area contributed by atoms with Crippen molar-refractivity contribution >= 4 is 0 Å². The molecule has 2 heteroatoms. The Bertz CT molecular complexity index is 287. The number of rotatable bonds is 5. The monoisotopic (exact) mass is 250 g/mol. The average Bonchev–Trinajstić information content (AvgIpc) is 2.96. The van der Waals surface area contributed by atoms with E-state index < -0.39 is 0 Å².